The molecule has 0 saturated carbocycles. The summed E-state index contributed by atoms with van der Waals surface area (Å²) in [5.74, 6) is 0. The number of imide groups is 1. The second-order valence-electron chi connectivity index (χ2n) is 8.61. The van der Waals surface area contributed by atoms with Crippen LogP contribution in [0.15, 0.2) is 12.7 Å². The number of hydrogen-bond donors (Lipinski definition) is 0. The van der Waals surface area contributed by atoms with Gasteiger partial charge in [-0.3, -0.25) is 0 Å². The lowest BCUT2D eigenvalue weighted by atomic mass is 10.2. The van der Waals surface area contributed by atoms with E-state index in [1.54, 1.807) is 47.6 Å². The molecule has 7 heteroatoms. The minimum Gasteiger partial charge on any atom is -0.443 e. The van der Waals surface area contributed by atoms with Crippen LogP contribution in [-0.2, 0) is 18.9 Å². The number of carbonyl (C=O) groups excluding carboxylic acids is 2. The zero-order chi connectivity index (χ0) is 20.7. The first-order valence-corrected chi connectivity index (χ1v) is 9.54. The molecule has 0 bridgehead atoms. The fraction of sp³-hybridized carbons (Fsp3) is 0.800. The number of carbonyl (C=O) groups is 2. The first-order chi connectivity index (χ1) is 12.4. The van der Waals surface area contributed by atoms with E-state index in [1.807, 2.05) is 0 Å². The van der Waals surface area contributed by atoms with Crippen molar-refractivity contribution in [1.82, 2.24) is 4.90 Å². The van der Waals surface area contributed by atoms with Crippen molar-refractivity contribution in [3.8, 4) is 0 Å². The van der Waals surface area contributed by atoms with Crippen molar-refractivity contribution < 1.29 is 28.5 Å². The molecule has 1 unspecified atom stereocenters. The van der Waals surface area contributed by atoms with Crippen LogP contribution in [0.4, 0.5) is 9.59 Å². The number of ether oxygens (including phenoxy) is 4. The molecule has 1 aliphatic heterocycles. The second kappa shape index (κ2) is 10.1. The Labute approximate surface area is 163 Å². The van der Waals surface area contributed by atoms with E-state index in [9.17, 15) is 9.59 Å². The topological polar surface area (TPSA) is 74.3 Å². The second-order valence-corrected chi connectivity index (χ2v) is 8.61. The van der Waals surface area contributed by atoms with Crippen LogP contribution >= 0.6 is 0 Å². The Hall–Kier alpha value is -1.60. The van der Waals surface area contributed by atoms with Crippen LogP contribution in [0.5, 0.6) is 0 Å². The van der Waals surface area contributed by atoms with E-state index < -0.39 is 23.4 Å². The first kappa shape index (κ1) is 23.4. The van der Waals surface area contributed by atoms with Crippen LogP contribution in [-0.4, -0.2) is 53.8 Å². The van der Waals surface area contributed by atoms with Gasteiger partial charge in [0, 0.05) is 13.2 Å². The van der Waals surface area contributed by atoms with Crippen molar-refractivity contribution in [2.45, 2.75) is 90.8 Å². The summed E-state index contributed by atoms with van der Waals surface area (Å²) in [6.07, 6.45) is 2.83. The Morgan fingerprint density at radius 3 is 2.07 bits per heavy atom. The van der Waals surface area contributed by atoms with Crippen molar-refractivity contribution >= 4 is 12.2 Å². The average molecular weight is 386 g/mol. The lowest BCUT2D eigenvalue weighted by molar-refractivity contribution is -0.179. The Kier molecular flexibility index (Phi) is 8.75. The maximum atomic E-state index is 12.5. The van der Waals surface area contributed by atoms with Gasteiger partial charge in [-0.25, -0.2) is 14.5 Å². The lowest BCUT2D eigenvalue weighted by Crippen LogP contribution is -2.44. The van der Waals surface area contributed by atoms with Gasteiger partial charge in [0.05, 0.1) is 6.10 Å². The summed E-state index contributed by atoms with van der Waals surface area (Å²) in [5.41, 5.74) is -1.44. The molecule has 27 heavy (non-hydrogen) atoms. The molecule has 0 radical (unpaired) electrons. The molecule has 1 heterocycles. The smallest absolute Gasteiger partial charge is 0.419 e. The number of nitrogens with zero attached hydrogens (tertiary/aromatic N) is 1. The fourth-order valence-electron chi connectivity index (χ4n) is 2.40. The summed E-state index contributed by atoms with van der Waals surface area (Å²) in [6.45, 7) is 15.0. The summed E-state index contributed by atoms with van der Waals surface area (Å²) < 4.78 is 22.2. The van der Waals surface area contributed by atoms with E-state index in [0.29, 0.717) is 13.0 Å². The monoisotopic (exact) mass is 385 g/mol. The largest absolute Gasteiger partial charge is 0.443 e. The van der Waals surface area contributed by atoms with E-state index in [1.165, 1.54) is 0 Å². The molecule has 1 fully saturated rings. The van der Waals surface area contributed by atoms with Crippen molar-refractivity contribution in [3.63, 3.8) is 0 Å². The molecular weight excluding hydrogens is 350 g/mol. The van der Waals surface area contributed by atoms with Gasteiger partial charge in [-0.1, -0.05) is 6.08 Å². The van der Waals surface area contributed by atoms with Crippen molar-refractivity contribution in [2.75, 3.05) is 13.2 Å². The standard InChI is InChI=1S/C20H35NO6/c1-8-15(25-16-11-9-10-14-24-16)12-13-21(17(22)26-19(2,3)4)18(23)27-20(5,6)7/h8,15-16H,1,9-14H2,2-7H3/t15-,16?/m1/s1. The maximum absolute atomic E-state index is 12.5. The van der Waals surface area contributed by atoms with Crippen LogP contribution in [0.25, 0.3) is 0 Å². The van der Waals surface area contributed by atoms with Crippen LogP contribution in [0.1, 0.15) is 67.2 Å². The zero-order valence-corrected chi connectivity index (χ0v) is 17.6. The van der Waals surface area contributed by atoms with Crippen LogP contribution in [0.2, 0.25) is 0 Å². The molecule has 0 N–H and O–H groups in total. The number of hydrogen-bond acceptors (Lipinski definition) is 6. The highest BCUT2D eigenvalue weighted by Gasteiger charge is 2.31. The third-order valence-electron chi connectivity index (χ3n) is 3.59. The Morgan fingerprint density at radius 2 is 1.67 bits per heavy atom. The van der Waals surface area contributed by atoms with Gasteiger partial charge in [0.1, 0.15) is 11.2 Å². The third-order valence-corrected chi connectivity index (χ3v) is 3.59. The normalized spacial score (nSPS) is 19.1. The third kappa shape index (κ3) is 9.77. The molecule has 2 atom stereocenters. The van der Waals surface area contributed by atoms with Gasteiger partial charge in [-0.05, 0) is 67.2 Å². The van der Waals surface area contributed by atoms with E-state index >= 15 is 0 Å². The highest BCUT2D eigenvalue weighted by atomic mass is 16.7. The molecule has 156 valence electrons. The molecule has 2 amide bonds. The fourth-order valence-corrected chi connectivity index (χ4v) is 2.40. The van der Waals surface area contributed by atoms with Gasteiger partial charge in [0.2, 0.25) is 0 Å². The molecule has 0 aliphatic carbocycles. The summed E-state index contributed by atoms with van der Waals surface area (Å²) >= 11 is 0. The molecule has 0 aromatic heterocycles. The van der Waals surface area contributed by atoms with Crippen LogP contribution in [0.3, 0.4) is 0 Å². The SMILES string of the molecule is C=C[C@H](CCN(C(=O)OC(C)(C)C)C(=O)OC(C)(C)C)OC1CCCCO1. The summed E-state index contributed by atoms with van der Waals surface area (Å²) in [6, 6.07) is 0. The molecule has 1 aliphatic rings. The van der Waals surface area contributed by atoms with E-state index in [-0.39, 0.29) is 18.9 Å². The zero-order valence-electron chi connectivity index (χ0n) is 17.6. The predicted octanol–water partition coefficient (Wildman–Crippen LogP) is 4.65. The van der Waals surface area contributed by atoms with E-state index in [0.717, 1.165) is 24.2 Å². The van der Waals surface area contributed by atoms with Gasteiger partial charge in [-0.15, -0.1) is 6.58 Å². The quantitative estimate of drug-likeness (QED) is 0.620. The van der Waals surface area contributed by atoms with Gasteiger partial charge in [0.25, 0.3) is 0 Å². The van der Waals surface area contributed by atoms with Gasteiger partial charge < -0.3 is 18.9 Å². The highest BCUT2D eigenvalue weighted by molar-refractivity contribution is 5.88. The minimum atomic E-state index is -0.742. The predicted molar refractivity (Wildman–Crippen MR) is 102 cm³/mol. The van der Waals surface area contributed by atoms with Gasteiger partial charge in [-0.2, -0.15) is 0 Å². The molecule has 0 spiro atoms. The maximum Gasteiger partial charge on any atom is 0.419 e. The number of rotatable bonds is 6. The lowest BCUT2D eigenvalue weighted by Gasteiger charge is -2.30. The van der Waals surface area contributed by atoms with Crippen LogP contribution < -0.4 is 0 Å². The van der Waals surface area contributed by atoms with Crippen molar-refractivity contribution in [2.24, 2.45) is 0 Å². The van der Waals surface area contributed by atoms with Crippen molar-refractivity contribution in [3.05, 3.63) is 12.7 Å². The minimum absolute atomic E-state index is 0.0905. The first-order valence-electron chi connectivity index (χ1n) is 9.54. The summed E-state index contributed by atoms with van der Waals surface area (Å²) in [7, 11) is 0. The summed E-state index contributed by atoms with van der Waals surface area (Å²) in [4.78, 5) is 25.9. The van der Waals surface area contributed by atoms with Gasteiger partial charge in [0.15, 0.2) is 6.29 Å². The molecule has 7 nitrogen and oxygen atoms in total. The Bertz CT molecular complexity index is 472. The molecule has 1 saturated heterocycles. The summed E-state index contributed by atoms with van der Waals surface area (Å²) in [5, 5.41) is 0. The van der Waals surface area contributed by atoms with E-state index in [2.05, 4.69) is 6.58 Å². The average Bonchev–Trinajstić information content (AvgIpc) is 2.51. The highest BCUT2D eigenvalue weighted by Crippen LogP contribution is 2.19. The molecular formula is C20H35NO6. The van der Waals surface area contributed by atoms with Gasteiger partial charge >= 0.3 is 12.2 Å². The molecule has 1 rings (SSSR count). The Balaban J connectivity index is 2.74. The van der Waals surface area contributed by atoms with Crippen LogP contribution in [0, 0.1) is 0 Å². The number of amides is 2. The van der Waals surface area contributed by atoms with Crippen molar-refractivity contribution in [1.29, 1.82) is 0 Å². The molecule has 0 aromatic carbocycles. The Morgan fingerprint density at radius 1 is 1.11 bits per heavy atom. The molecule has 0 aromatic rings. The van der Waals surface area contributed by atoms with E-state index in [4.69, 9.17) is 18.9 Å².